The second-order valence-electron chi connectivity index (χ2n) is 6.00. The number of benzene rings is 2. The van der Waals surface area contributed by atoms with E-state index in [1.807, 2.05) is 37.3 Å². The first-order valence-corrected chi connectivity index (χ1v) is 8.57. The summed E-state index contributed by atoms with van der Waals surface area (Å²) in [5, 5.41) is 10.1. The quantitative estimate of drug-likeness (QED) is 0.808. The van der Waals surface area contributed by atoms with Crippen molar-refractivity contribution in [3.05, 3.63) is 48.0 Å². The SMILES string of the molecule is CCCOc1ccc(C=Nc2cccc(N3CCCC3=O)c2)c(O)c1. The lowest BCUT2D eigenvalue weighted by molar-refractivity contribution is -0.117. The molecule has 3 rings (SSSR count). The molecule has 0 radical (unpaired) electrons. The standard InChI is InChI=1S/C20H22N2O3/c1-2-11-25-18-9-8-15(19(23)13-18)14-21-16-5-3-6-17(12-16)22-10-4-7-20(22)24/h3,5-6,8-9,12-14,23H,2,4,7,10-11H2,1H3. The van der Waals surface area contributed by atoms with Crippen molar-refractivity contribution in [1.82, 2.24) is 0 Å². The van der Waals surface area contributed by atoms with Crippen LogP contribution in [0, 0.1) is 0 Å². The number of nitrogens with zero attached hydrogens (tertiary/aromatic N) is 2. The third-order valence-electron chi connectivity index (χ3n) is 4.04. The molecule has 1 N–H and O–H groups in total. The molecule has 2 aromatic rings. The summed E-state index contributed by atoms with van der Waals surface area (Å²) in [6, 6.07) is 12.7. The Labute approximate surface area is 147 Å². The van der Waals surface area contributed by atoms with Crippen molar-refractivity contribution in [1.29, 1.82) is 0 Å². The van der Waals surface area contributed by atoms with Crippen molar-refractivity contribution in [2.24, 2.45) is 4.99 Å². The molecule has 1 aliphatic heterocycles. The van der Waals surface area contributed by atoms with E-state index < -0.39 is 0 Å². The highest BCUT2D eigenvalue weighted by atomic mass is 16.5. The summed E-state index contributed by atoms with van der Waals surface area (Å²) in [5.74, 6) is 0.927. The number of phenols is 1. The molecule has 0 unspecified atom stereocenters. The summed E-state index contributed by atoms with van der Waals surface area (Å²) in [6.07, 6.45) is 4.03. The Bertz CT molecular complexity index is 786. The molecule has 5 nitrogen and oxygen atoms in total. The number of hydrogen-bond donors (Lipinski definition) is 1. The average Bonchev–Trinajstić information content (AvgIpc) is 3.05. The highest BCUT2D eigenvalue weighted by Crippen LogP contribution is 2.27. The minimum absolute atomic E-state index is 0.128. The molecule has 0 aromatic heterocycles. The number of rotatable bonds is 6. The van der Waals surface area contributed by atoms with Crippen molar-refractivity contribution in [3.63, 3.8) is 0 Å². The molecule has 0 saturated carbocycles. The van der Waals surface area contributed by atoms with E-state index in [9.17, 15) is 9.90 Å². The van der Waals surface area contributed by atoms with Crippen LogP contribution in [0.15, 0.2) is 47.5 Å². The lowest BCUT2D eigenvalue weighted by Crippen LogP contribution is -2.23. The first-order valence-electron chi connectivity index (χ1n) is 8.57. The number of amides is 1. The summed E-state index contributed by atoms with van der Waals surface area (Å²) >= 11 is 0. The number of carbonyl (C=O) groups excluding carboxylic acids is 1. The molecule has 0 bridgehead atoms. The molecule has 1 heterocycles. The zero-order valence-corrected chi connectivity index (χ0v) is 14.3. The van der Waals surface area contributed by atoms with Gasteiger partial charge in [0.15, 0.2) is 0 Å². The van der Waals surface area contributed by atoms with Gasteiger partial charge in [0, 0.05) is 36.5 Å². The van der Waals surface area contributed by atoms with E-state index in [0.717, 1.165) is 30.8 Å². The van der Waals surface area contributed by atoms with E-state index in [2.05, 4.69) is 4.99 Å². The molecular formula is C20H22N2O3. The fourth-order valence-corrected chi connectivity index (χ4v) is 2.75. The Morgan fingerprint density at radius 1 is 1.28 bits per heavy atom. The molecule has 1 amide bonds. The summed E-state index contributed by atoms with van der Waals surface area (Å²) in [5.41, 5.74) is 2.22. The van der Waals surface area contributed by atoms with Gasteiger partial charge >= 0.3 is 0 Å². The predicted octanol–water partition coefficient (Wildman–Crippen LogP) is 4.06. The lowest BCUT2D eigenvalue weighted by atomic mass is 10.2. The second kappa shape index (κ2) is 7.83. The fraction of sp³-hybridized carbons (Fsp3) is 0.300. The summed E-state index contributed by atoms with van der Waals surface area (Å²) in [4.78, 5) is 18.1. The number of phenolic OH excluding ortho intramolecular Hbond substituents is 1. The van der Waals surface area contributed by atoms with Gasteiger partial charge in [-0.1, -0.05) is 13.0 Å². The maximum absolute atomic E-state index is 11.9. The Balaban J connectivity index is 1.74. The molecule has 1 saturated heterocycles. The zero-order chi connectivity index (χ0) is 17.6. The van der Waals surface area contributed by atoms with Crippen molar-refractivity contribution >= 4 is 23.5 Å². The highest BCUT2D eigenvalue weighted by Gasteiger charge is 2.21. The minimum Gasteiger partial charge on any atom is -0.507 e. The van der Waals surface area contributed by atoms with Gasteiger partial charge < -0.3 is 14.7 Å². The number of carbonyl (C=O) groups is 1. The summed E-state index contributed by atoms with van der Waals surface area (Å²) in [6.45, 7) is 3.41. The van der Waals surface area contributed by atoms with Crippen LogP contribution in [0.1, 0.15) is 31.7 Å². The average molecular weight is 338 g/mol. The van der Waals surface area contributed by atoms with Crippen LogP contribution >= 0.6 is 0 Å². The number of anilines is 1. The van der Waals surface area contributed by atoms with Gasteiger partial charge in [0.2, 0.25) is 5.91 Å². The lowest BCUT2D eigenvalue weighted by Gasteiger charge is -2.15. The van der Waals surface area contributed by atoms with Gasteiger partial charge in [-0.15, -0.1) is 0 Å². The van der Waals surface area contributed by atoms with Crippen LogP contribution in [0.4, 0.5) is 11.4 Å². The van der Waals surface area contributed by atoms with Crippen molar-refractivity contribution in [2.45, 2.75) is 26.2 Å². The number of ether oxygens (including phenoxy) is 1. The van der Waals surface area contributed by atoms with Gasteiger partial charge in [0.05, 0.1) is 12.3 Å². The largest absolute Gasteiger partial charge is 0.507 e. The second-order valence-corrected chi connectivity index (χ2v) is 6.00. The number of aromatic hydroxyl groups is 1. The maximum atomic E-state index is 11.9. The first kappa shape index (κ1) is 17.0. The van der Waals surface area contributed by atoms with Crippen molar-refractivity contribution in [2.75, 3.05) is 18.1 Å². The first-order chi connectivity index (χ1) is 12.2. The van der Waals surface area contributed by atoms with Crippen LogP contribution in [0.5, 0.6) is 11.5 Å². The molecule has 2 aromatic carbocycles. The predicted molar refractivity (Wildman–Crippen MR) is 99.2 cm³/mol. The van der Waals surface area contributed by atoms with E-state index in [4.69, 9.17) is 4.74 Å². The molecule has 0 spiro atoms. The number of hydrogen-bond acceptors (Lipinski definition) is 4. The van der Waals surface area contributed by atoms with E-state index >= 15 is 0 Å². The Morgan fingerprint density at radius 2 is 2.16 bits per heavy atom. The molecule has 130 valence electrons. The van der Waals surface area contributed by atoms with E-state index in [1.54, 1.807) is 23.2 Å². The van der Waals surface area contributed by atoms with Gasteiger partial charge in [0.1, 0.15) is 11.5 Å². The third kappa shape index (κ3) is 4.18. The molecule has 5 heteroatoms. The third-order valence-corrected chi connectivity index (χ3v) is 4.04. The van der Waals surface area contributed by atoms with Gasteiger partial charge in [-0.2, -0.15) is 0 Å². The van der Waals surface area contributed by atoms with E-state index in [1.165, 1.54) is 0 Å². The topological polar surface area (TPSA) is 62.1 Å². The fourth-order valence-electron chi connectivity index (χ4n) is 2.75. The van der Waals surface area contributed by atoms with Crippen LogP contribution in [0.2, 0.25) is 0 Å². The van der Waals surface area contributed by atoms with Crippen LogP contribution in [0.25, 0.3) is 0 Å². The van der Waals surface area contributed by atoms with E-state index in [0.29, 0.717) is 24.3 Å². The smallest absolute Gasteiger partial charge is 0.227 e. The van der Waals surface area contributed by atoms with E-state index in [-0.39, 0.29) is 11.7 Å². The Hall–Kier alpha value is -2.82. The van der Waals surface area contributed by atoms with Gasteiger partial charge in [-0.3, -0.25) is 9.79 Å². The minimum atomic E-state index is 0.128. The Kier molecular flexibility index (Phi) is 5.33. The monoisotopic (exact) mass is 338 g/mol. The van der Waals surface area contributed by atoms with Gasteiger partial charge in [0.25, 0.3) is 0 Å². The van der Waals surface area contributed by atoms with Crippen molar-refractivity contribution in [3.8, 4) is 11.5 Å². The molecular weight excluding hydrogens is 316 g/mol. The summed E-state index contributed by atoms with van der Waals surface area (Å²) in [7, 11) is 0. The van der Waals surface area contributed by atoms with Gasteiger partial charge in [-0.05, 0) is 43.2 Å². The van der Waals surface area contributed by atoms with Gasteiger partial charge in [-0.25, -0.2) is 0 Å². The highest BCUT2D eigenvalue weighted by molar-refractivity contribution is 5.95. The zero-order valence-electron chi connectivity index (χ0n) is 14.3. The van der Waals surface area contributed by atoms with Crippen LogP contribution < -0.4 is 9.64 Å². The molecule has 0 atom stereocenters. The Morgan fingerprint density at radius 3 is 2.88 bits per heavy atom. The van der Waals surface area contributed by atoms with Crippen molar-refractivity contribution < 1.29 is 14.6 Å². The van der Waals surface area contributed by atoms with Crippen LogP contribution in [-0.2, 0) is 4.79 Å². The number of aliphatic imine (C=N–C) groups is 1. The van der Waals surface area contributed by atoms with Crippen LogP contribution in [-0.4, -0.2) is 30.4 Å². The maximum Gasteiger partial charge on any atom is 0.227 e. The molecule has 0 aliphatic carbocycles. The molecule has 1 fully saturated rings. The molecule has 1 aliphatic rings. The molecule has 25 heavy (non-hydrogen) atoms. The summed E-state index contributed by atoms with van der Waals surface area (Å²) < 4.78 is 5.49. The van der Waals surface area contributed by atoms with Crippen LogP contribution in [0.3, 0.4) is 0 Å². The normalized spacial score (nSPS) is 14.4.